The minimum Gasteiger partial charge on any atom is -0.354 e. The molecule has 0 saturated heterocycles. The van der Waals surface area contributed by atoms with Gasteiger partial charge in [0.25, 0.3) is 5.91 Å². The van der Waals surface area contributed by atoms with E-state index in [1.807, 2.05) is 68.4 Å². The van der Waals surface area contributed by atoms with E-state index in [-0.39, 0.29) is 11.9 Å². The van der Waals surface area contributed by atoms with Crippen molar-refractivity contribution >= 4 is 28.9 Å². The predicted molar refractivity (Wildman–Crippen MR) is 106 cm³/mol. The van der Waals surface area contributed by atoms with Crippen molar-refractivity contribution in [2.75, 3.05) is 5.32 Å². The second kappa shape index (κ2) is 8.02. The minimum absolute atomic E-state index is 0.0852. The molecule has 1 aromatic heterocycles. The maximum atomic E-state index is 12.4. The Hall–Kier alpha value is -2.85. The van der Waals surface area contributed by atoms with E-state index in [1.165, 1.54) is 0 Å². The Bertz CT molecular complexity index is 895. The molecule has 0 aliphatic carbocycles. The fourth-order valence-electron chi connectivity index (χ4n) is 2.54. The number of aromatic nitrogens is 1. The van der Waals surface area contributed by atoms with Crippen LogP contribution in [-0.4, -0.2) is 10.9 Å². The summed E-state index contributed by atoms with van der Waals surface area (Å²) in [6, 6.07) is 19.0. The number of carbonyl (C=O) groups excluding carboxylic acids is 1. The maximum Gasteiger partial charge on any atom is 0.270 e. The van der Waals surface area contributed by atoms with Crippen LogP contribution in [0.5, 0.6) is 0 Å². The molecule has 5 heteroatoms. The molecule has 0 fully saturated rings. The molecule has 2 N–H and O–H groups in total. The summed E-state index contributed by atoms with van der Waals surface area (Å²) in [5.41, 5.74) is 4.11. The molecule has 0 bridgehead atoms. The van der Waals surface area contributed by atoms with Crippen molar-refractivity contribution in [1.29, 1.82) is 0 Å². The molecule has 1 unspecified atom stereocenters. The smallest absolute Gasteiger partial charge is 0.270 e. The van der Waals surface area contributed by atoms with Gasteiger partial charge in [-0.15, -0.1) is 0 Å². The van der Waals surface area contributed by atoms with E-state index in [9.17, 15) is 4.79 Å². The summed E-state index contributed by atoms with van der Waals surface area (Å²) in [6.45, 7) is 3.90. The summed E-state index contributed by atoms with van der Waals surface area (Å²) in [7, 11) is 0. The first-order valence-electron chi connectivity index (χ1n) is 8.38. The van der Waals surface area contributed by atoms with Crippen LogP contribution in [0, 0.1) is 6.92 Å². The average molecular weight is 366 g/mol. The van der Waals surface area contributed by atoms with Crippen LogP contribution in [-0.2, 0) is 0 Å². The number of hydrogen-bond acceptors (Lipinski definition) is 3. The minimum atomic E-state index is -0.203. The van der Waals surface area contributed by atoms with Gasteiger partial charge < -0.3 is 10.6 Å². The highest BCUT2D eigenvalue weighted by Gasteiger charge is 2.12. The molecule has 3 rings (SSSR count). The summed E-state index contributed by atoms with van der Waals surface area (Å²) in [6.07, 6.45) is 1.63. The van der Waals surface area contributed by atoms with E-state index < -0.39 is 0 Å². The van der Waals surface area contributed by atoms with E-state index in [2.05, 4.69) is 15.6 Å². The molecule has 0 aliphatic rings. The number of hydrogen-bond donors (Lipinski definition) is 2. The van der Waals surface area contributed by atoms with Gasteiger partial charge in [0, 0.05) is 10.7 Å². The molecule has 2 aromatic carbocycles. The number of nitrogens with one attached hydrogen (secondary N) is 2. The molecule has 1 amide bonds. The summed E-state index contributed by atoms with van der Waals surface area (Å²) in [4.78, 5) is 16.6. The highest BCUT2D eigenvalue weighted by Crippen LogP contribution is 2.23. The molecule has 0 spiro atoms. The van der Waals surface area contributed by atoms with E-state index >= 15 is 0 Å². The first-order valence-corrected chi connectivity index (χ1v) is 8.76. The second-order valence-corrected chi connectivity index (χ2v) is 6.53. The third kappa shape index (κ3) is 4.41. The highest BCUT2D eigenvalue weighted by atomic mass is 35.5. The van der Waals surface area contributed by atoms with E-state index in [1.54, 1.807) is 12.3 Å². The Morgan fingerprint density at radius 3 is 2.42 bits per heavy atom. The molecular weight excluding hydrogens is 346 g/mol. The van der Waals surface area contributed by atoms with Gasteiger partial charge in [0.1, 0.15) is 5.69 Å². The van der Waals surface area contributed by atoms with Gasteiger partial charge in [-0.3, -0.25) is 4.79 Å². The van der Waals surface area contributed by atoms with Gasteiger partial charge >= 0.3 is 0 Å². The third-order valence-electron chi connectivity index (χ3n) is 4.10. The van der Waals surface area contributed by atoms with Crippen LogP contribution in [0.2, 0.25) is 5.02 Å². The molecule has 26 heavy (non-hydrogen) atoms. The molecule has 132 valence electrons. The molecule has 1 heterocycles. The van der Waals surface area contributed by atoms with E-state index in [4.69, 9.17) is 11.6 Å². The zero-order valence-corrected chi connectivity index (χ0v) is 15.4. The Morgan fingerprint density at radius 2 is 1.77 bits per heavy atom. The number of nitrogens with zero attached hydrogens (tertiary/aromatic N) is 1. The maximum absolute atomic E-state index is 12.4. The Balaban J connectivity index is 1.65. The summed E-state index contributed by atoms with van der Waals surface area (Å²) in [5, 5.41) is 6.88. The lowest BCUT2D eigenvalue weighted by molar-refractivity contribution is 0.0935. The monoisotopic (exact) mass is 365 g/mol. The van der Waals surface area contributed by atoms with Crippen molar-refractivity contribution < 1.29 is 4.79 Å². The number of benzene rings is 2. The lowest BCUT2D eigenvalue weighted by Crippen LogP contribution is -2.27. The van der Waals surface area contributed by atoms with Crippen molar-refractivity contribution in [2.45, 2.75) is 19.9 Å². The molecule has 0 saturated carbocycles. The topological polar surface area (TPSA) is 54.0 Å². The SMILES string of the molecule is Cc1ccc(Nc2ccc(C(=O)NC(C)c3ccccc3)nc2)cc1Cl. The number of pyridine rings is 1. The first-order chi connectivity index (χ1) is 12.5. The summed E-state index contributed by atoms with van der Waals surface area (Å²) < 4.78 is 0. The average Bonchev–Trinajstić information content (AvgIpc) is 2.66. The van der Waals surface area contributed by atoms with Crippen molar-refractivity contribution in [3.63, 3.8) is 0 Å². The molecular formula is C21H20ClN3O. The lowest BCUT2D eigenvalue weighted by atomic mass is 10.1. The molecule has 0 radical (unpaired) electrons. The van der Waals surface area contributed by atoms with Gasteiger partial charge in [-0.2, -0.15) is 0 Å². The lowest BCUT2D eigenvalue weighted by Gasteiger charge is -2.14. The van der Waals surface area contributed by atoms with Crippen LogP contribution in [0.1, 0.15) is 34.6 Å². The van der Waals surface area contributed by atoms with E-state index in [0.29, 0.717) is 10.7 Å². The van der Waals surface area contributed by atoms with Crippen molar-refractivity contribution in [3.8, 4) is 0 Å². The second-order valence-electron chi connectivity index (χ2n) is 6.13. The van der Waals surface area contributed by atoms with Crippen LogP contribution in [0.3, 0.4) is 0 Å². The van der Waals surface area contributed by atoms with Crippen LogP contribution in [0.15, 0.2) is 66.9 Å². The van der Waals surface area contributed by atoms with Crippen LogP contribution in [0.25, 0.3) is 0 Å². The van der Waals surface area contributed by atoms with Gasteiger partial charge in [-0.05, 0) is 49.2 Å². The Morgan fingerprint density at radius 1 is 1.04 bits per heavy atom. The number of rotatable bonds is 5. The van der Waals surface area contributed by atoms with Gasteiger partial charge in [-0.1, -0.05) is 48.0 Å². The van der Waals surface area contributed by atoms with Gasteiger partial charge in [0.15, 0.2) is 0 Å². The van der Waals surface area contributed by atoms with Gasteiger partial charge in [0.2, 0.25) is 0 Å². The normalized spacial score (nSPS) is 11.7. The van der Waals surface area contributed by atoms with Crippen LogP contribution >= 0.6 is 11.6 Å². The van der Waals surface area contributed by atoms with E-state index in [0.717, 1.165) is 22.5 Å². The largest absolute Gasteiger partial charge is 0.354 e. The highest BCUT2D eigenvalue weighted by molar-refractivity contribution is 6.31. The van der Waals surface area contributed by atoms with Gasteiger partial charge in [-0.25, -0.2) is 4.98 Å². The Kier molecular flexibility index (Phi) is 5.54. The molecule has 4 nitrogen and oxygen atoms in total. The van der Waals surface area contributed by atoms with Crippen molar-refractivity contribution in [2.24, 2.45) is 0 Å². The molecule has 0 aliphatic heterocycles. The fourth-order valence-corrected chi connectivity index (χ4v) is 2.72. The quantitative estimate of drug-likeness (QED) is 0.646. The molecule has 1 atom stereocenters. The molecule has 3 aromatic rings. The number of halogens is 1. The Labute approximate surface area is 158 Å². The standard InChI is InChI=1S/C21H20ClN3O/c1-14-8-9-17(12-19(14)22)25-18-10-11-20(23-13-18)21(26)24-15(2)16-6-4-3-5-7-16/h3-13,15,25H,1-2H3,(H,24,26). The number of carbonyl (C=O) groups is 1. The number of anilines is 2. The van der Waals surface area contributed by atoms with Crippen molar-refractivity contribution in [1.82, 2.24) is 10.3 Å². The first kappa shape index (κ1) is 18.0. The van der Waals surface area contributed by atoms with Gasteiger partial charge in [0.05, 0.1) is 17.9 Å². The zero-order chi connectivity index (χ0) is 18.5. The van der Waals surface area contributed by atoms with Crippen molar-refractivity contribution in [3.05, 3.63) is 88.7 Å². The zero-order valence-electron chi connectivity index (χ0n) is 14.7. The van der Waals surface area contributed by atoms with Crippen LogP contribution in [0.4, 0.5) is 11.4 Å². The fraction of sp³-hybridized carbons (Fsp3) is 0.143. The number of amides is 1. The number of aryl methyl sites for hydroxylation is 1. The summed E-state index contributed by atoms with van der Waals surface area (Å²) in [5.74, 6) is -0.203. The summed E-state index contributed by atoms with van der Waals surface area (Å²) >= 11 is 6.14. The van der Waals surface area contributed by atoms with Crippen LogP contribution < -0.4 is 10.6 Å². The third-order valence-corrected chi connectivity index (χ3v) is 4.51. The predicted octanol–water partition coefficient (Wildman–Crippen LogP) is 5.28.